The van der Waals surface area contributed by atoms with Crippen molar-refractivity contribution < 1.29 is 98.2 Å². The Balaban J connectivity index is 0.000000129. The van der Waals surface area contributed by atoms with Crippen molar-refractivity contribution in [2.75, 3.05) is 48.0 Å². The molecule has 32 heteroatoms. The molecule has 4 aliphatic carbocycles. The minimum Gasteiger partial charge on any atom is -0.481 e. The first-order valence-corrected chi connectivity index (χ1v) is 49.1. The number of aliphatic hydroxyl groups excluding tert-OH is 4. The fourth-order valence-electron chi connectivity index (χ4n) is 23.1. The normalized spacial score (nSPS) is 23.1. The number of methoxy groups -OCH3 is 4. The lowest BCUT2D eigenvalue weighted by atomic mass is 9.85. The second-order valence-electron chi connectivity index (χ2n) is 38.7. The zero-order valence-electron chi connectivity index (χ0n) is 80.2. The second kappa shape index (κ2) is 42.2. The van der Waals surface area contributed by atoms with Crippen molar-refractivity contribution in [3.05, 3.63) is 238 Å². The van der Waals surface area contributed by atoms with Crippen molar-refractivity contribution in [1.82, 2.24) is 38.2 Å². The number of carbonyl (C=O) groups excluding carboxylic acids is 4. The van der Waals surface area contributed by atoms with E-state index in [0.29, 0.717) is 74.7 Å². The molecule has 20 rings (SSSR count). The maximum Gasteiger partial charge on any atom is 0.414 e. The number of aliphatic carboxylic acids is 4. The van der Waals surface area contributed by atoms with E-state index in [-0.39, 0.29) is 48.3 Å². The smallest absolute Gasteiger partial charge is 0.414 e. The minimum atomic E-state index is -0.955. The first-order valence-electron chi connectivity index (χ1n) is 49.1. The third-order valence-corrected chi connectivity index (χ3v) is 30.3. The molecule has 8 N–H and O–H groups in total. The number of benzene rings is 8. The van der Waals surface area contributed by atoms with E-state index in [4.69, 9.17) is 38.9 Å². The molecule has 4 aliphatic heterocycles. The molecule has 4 saturated carbocycles. The Bertz CT molecular complexity index is 5800. The zero-order valence-corrected chi connectivity index (χ0v) is 80.2. The molecular weight excluding hydrogens is 1790 g/mol. The van der Waals surface area contributed by atoms with Crippen LogP contribution in [0.1, 0.15) is 272 Å². The van der Waals surface area contributed by atoms with Gasteiger partial charge in [0, 0.05) is 70.6 Å². The Labute approximate surface area is 811 Å². The van der Waals surface area contributed by atoms with E-state index in [1.807, 2.05) is 198 Å². The Morgan fingerprint density at radius 2 is 0.471 bits per heavy atom. The van der Waals surface area contributed by atoms with Gasteiger partial charge in [0.25, 0.3) is 0 Å². The third kappa shape index (κ3) is 19.2. The topological polar surface area (TPSA) is 420 Å². The van der Waals surface area contributed by atoms with E-state index < -0.39 is 96.3 Å². The molecule has 0 saturated heterocycles. The number of hydrogen-bond donors (Lipinski definition) is 8. The van der Waals surface area contributed by atoms with E-state index in [9.17, 15) is 79.2 Å². The van der Waals surface area contributed by atoms with Gasteiger partial charge in [-0.3, -0.25) is 38.8 Å². The van der Waals surface area contributed by atoms with Crippen LogP contribution in [0.2, 0.25) is 0 Å². The predicted octanol–water partition coefficient (Wildman–Crippen LogP) is 19.4. The Morgan fingerprint density at radius 1 is 0.279 bits per heavy atom. The molecule has 8 heterocycles. The first kappa shape index (κ1) is 98.1. The maximum absolute atomic E-state index is 12.6. The van der Waals surface area contributed by atoms with E-state index in [1.165, 1.54) is 28.4 Å². The molecule has 0 bridgehead atoms. The number of imidazole rings is 4. The number of aryl methyl sites for hydroxylation is 4. The molecule has 0 spiro atoms. The van der Waals surface area contributed by atoms with Crippen molar-refractivity contribution in [2.24, 2.45) is 23.7 Å². The lowest BCUT2D eigenvalue weighted by molar-refractivity contribution is -0.144. The van der Waals surface area contributed by atoms with Crippen LogP contribution in [0.25, 0.3) is 44.1 Å². The lowest BCUT2D eigenvalue weighted by Gasteiger charge is -2.34. The minimum absolute atomic E-state index is 0.00136. The van der Waals surface area contributed by atoms with Gasteiger partial charge >= 0.3 is 48.3 Å². The van der Waals surface area contributed by atoms with Crippen LogP contribution in [0.3, 0.4) is 0 Å². The molecule has 736 valence electrons. The number of rotatable bonds is 16. The van der Waals surface area contributed by atoms with Crippen LogP contribution in [0.5, 0.6) is 0 Å². The van der Waals surface area contributed by atoms with Crippen LogP contribution in [0.15, 0.2) is 170 Å². The largest absolute Gasteiger partial charge is 0.481 e. The lowest BCUT2D eigenvalue weighted by Crippen LogP contribution is -2.42. The highest BCUT2D eigenvalue weighted by Gasteiger charge is 2.43. The van der Waals surface area contributed by atoms with Crippen LogP contribution in [0, 0.1) is 23.7 Å². The summed E-state index contributed by atoms with van der Waals surface area (Å²) in [4.78, 5) is 124. The fraction of sp³-hybridized carbons (Fsp3) is 0.444. The number of hydrogen-bond acceptors (Lipinski definition) is 20. The van der Waals surface area contributed by atoms with E-state index >= 15 is 0 Å². The van der Waals surface area contributed by atoms with Crippen molar-refractivity contribution >= 4 is 115 Å². The van der Waals surface area contributed by atoms with Gasteiger partial charge < -0.3 is 78.1 Å². The van der Waals surface area contributed by atoms with E-state index in [2.05, 4.69) is 18.3 Å². The highest BCUT2D eigenvalue weighted by molar-refractivity contribution is 5.99. The van der Waals surface area contributed by atoms with Gasteiger partial charge in [0.2, 0.25) is 0 Å². The molecule has 8 aromatic carbocycles. The number of carbonyl (C=O) groups is 8. The Morgan fingerprint density at radius 3 is 0.650 bits per heavy atom. The van der Waals surface area contributed by atoms with E-state index in [0.717, 1.165) is 214 Å². The quantitative estimate of drug-likeness (QED) is 0.0416. The number of nitrogens with zero attached hydrogens (tertiary/aromatic N) is 12. The SMILES string of the molecule is COC(=O)N1c2ccc3c(nc([C@@H](O)c4ccccc4)n3C3CCC[C@@H](C(=O)O)C3)c2CC[C@H]1C.COC(=O)N1c2ccc3c(nc([C@@H](O)c4ccccc4)n3C3CCC[C@H](C(=O)O)C3)c2CC[C@H]1C.COC(=O)N1c2ccc3c(nc([C@@H](O)c4ccccc4)n3C3CCC[C@H](C(=O)O)C3)c2CC[C@H]1C.COC(=O)N1c2ccc3c(nc([C@H](O)c4ccccc4)n3C3CCC[C@H](C(=O)O)C3)c2CC[C@H]1C. The first-order chi connectivity index (χ1) is 67.6. The van der Waals surface area contributed by atoms with Gasteiger partial charge in [-0.15, -0.1) is 0 Å². The molecule has 4 fully saturated rings. The molecule has 4 unspecified atom stereocenters. The Hall–Kier alpha value is -13.6. The van der Waals surface area contributed by atoms with Gasteiger partial charge in [-0.1, -0.05) is 147 Å². The van der Waals surface area contributed by atoms with Gasteiger partial charge in [0.15, 0.2) is 0 Å². The summed E-state index contributed by atoms with van der Waals surface area (Å²) in [6, 6.07) is 52.7. The number of carboxylic acid groups (broad SMARTS) is 4. The molecule has 4 aromatic heterocycles. The summed E-state index contributed by atoms with van der Waals surface area (Å²) in [6.07, 6.45) is 11.8. The van der Waals surface area contributed by atoms with Gasteiger partial charge in [0.1, 0.15) is 47.7 Å². The number of carboxylic acids is 4. The number of aromatic nitrogens is 8. The summed E-state index contributed by atoms with van der Waals surface area (Å²) in [7, 11) is 5.53. The van der Waals surface area contributed by atoms with Gasteiger partial charge in [-0.25, -0.2) is 39.1 Å². The number of anilines is 4. The van der Waals surface area contributed by atoms with Gasteiger partial charge in [0.05, 0.1) is 119 Å². The van der Waals surface area contributed by atoms with Crippen LogP contribution in [-0.2, 0) is 63.8 Å². The van der Waals surface area contributed by atoms with Crippen molar-refractivity contribution in [3.63, 3.8) is 0 Å². The van der Waals surface area contributed by atoms with Gasteiger partial charge in [-0.05, 0) is 227 Å². The van der Waals surface area contributed by atoms with Crippen LogP contribution in [-0.4, -0.2) is 180 Å². The summed E-state index contributed by atoms with van der Waals surface area (Å²) in [6.45, 7) is 8.01. The van der Waals surface area contributed by atoms with Crippen molar-refractivity contribution in [3.8, 4) is 0 Å². The summed E-state index contributed by atoms with van der Waals surface area (Å²) >= 11 is 0. The number of fused-ring (bicyclic) bond motifs is 12. The molecule has 12 aromatic rings. The average molecular weight is 1910 g/mol. The molecule has 32 nitrogen and oxygen atoms in total. The summed E-state index contributed by atoms with van der Waals surface area (Å²) in [5.41, 5.74) is 16.3. The number of aliphatic hydroxyl groups is 4. The average Bonchev–Trinajstić information content (AvgIpc) is 1.59. The molecule has 16 atom stereocenters. The van der Waals surface area contributed by atoms with Crippen molar-refractivity contribution in [2.45, 2.75) is 255 Å². The Kier molecular flexibility index (Phi) is 29.6. The monoisotopic (exact) mass is 1910 g/mol. The maximum atomic E-state index is 12.6. The highest BCUT2D eigenvalue weighted by Crippen LogP contribution is 2.50. The fourth-order valence-corrected chi connectivity index (χ4v) is 23.1. The highest BCUT2D eigenvalue weighted by atomic mass is 16.6. The predicted molar refractivity (Wildman–Crippen MR) is 526 cm³/mol. The third-order valence-electron chi connectivity index (χ3n) is 30.3. The molecular formula is C108H124N12O20. The van der Waals surface area contributed by atoms with Gasteiger partial charge in [-0.2, -0.15) is 0 Å². The summed E-state index contributed by atoms with van der Waals surface area (Å²) in [5.74, 6) is -2.71. The van der Waals surface area contributed by atoms with E-state index in [1.54, 1.807) is 19.6 Å². The number of ether oxygens (including phenoxy) is 4. The molecule has 4 amide bonds. The number of amides is 4. The molecule has 0 radical (unpaired) electrons. The standard InChI is InChI=1S/4C27H31N3O5/c4*1-16-11-12-20-21(29(16)27(34)35-2)13-14-22-23(20)28-25(24(31)17-7-4-3-5-8-17)30(22)19-10-6-9-18(15-19)26(32)33/h4*3-5,7-8,13-14,16,18-19,24,31H,6,9-12,15H2,1-2H3,(H,32,33)/t2*16-,18+,19?,24+;16-,18+,19?,24-;16-,18-,19?,24+/m1111/s1. The summed E-state index contributed by atoms with van der Waals surface area (Å²) < 4.78 is 28.4. The molecule has 140 heavy (non-hydrogen) atoms. The summed E-state index contributed by atoms with van der Waals surface area (Å²) in [5, 5.41) is 84.4. The van der Waals surface area contributed by atoms with Crippen molar-refractivity contribution in [1.29, 1.82) is 0 Å². The zero-order chi connectivity index (χ0) is 98.8. The van der Waals surface area contributed by atoms with Crippen LogP contribution < -0.4 is 19.6 Å². The second-order valence-corrected chi connectivity index (χ2v) is 38.7. The molecule has 8 aliphatic rings. The van der Waals surface area contributed by atoms with Crippen LogP contribution >= 0.6 is 0 Å². The van der Waals surface area contributed by atoms with Crippen LogP contribution in [0.4, 0.5) is 41.9 Å².